The van der Waals surface area contributed by atoms with Crippen molar-refractivity contribution >= 4 is 23.2 Å². The first-order valence-corrected chi connectivity index (χ1v) is 6.35. The van der Waals surface area contributed by atoms with E-state index in [4.69, 9.17) is 0 Å². The zero-order valence-electron chi connectivity index (χ0n) is 9.39. The Morgan fingerprint density at radius 2 is 2.53 bits per heavy atom. The fourth-order valence-electron chi connectivity index (χ4n) is 1.75. The molecule has 0 bridgehead atoms. The molecule has 0 spiro atoms. The standard InChI is InChI=1S/C12H14N2O2S/c1-2-4-14-7-10(12(14)16)13-11(15)6-9-3-5-17-8-9/h2-3,5,8,10H,1,4,6-7H2,(H,13,15). The lowest BCUT2D eigenvalue weighted by atomic mass is 10.1. The van der Waals surface area contributed by atoms with Crippen molar-refractivity contribution in [1.82, 2.24) is 10.2 Å². The van der Waals surface area contributed by atoms with Gasteiger partial charge in [0, 0.05) is 6.54 Å². The number of thiophene rings is 1. The minimum atomic E-state index is -0.346. The number of carbonyl (C=O) groups is 2. The molecule has 4 nitrogen and oxygen atoms in total. The van der Waals surface area contributed by atoms with Crippen LogP contribution in [0.5, 0.6) is 0 Å². The normalized spacial score (nSPS) is 18.7. The Balaban J connectivity index is 1.77. The molecule has 0 aromatic carbocycles. The maximum Gasteiger partial charge on any atom is 0.247 e. The second kappa shape index (κ2) is 5.14. The van der Waals surface area contributed by atoms with Crippen molar-refractivity contribution < 1.29 is 9.59 Å². The molecule has 90 valence electrons. The second-order valence-electron chi connectivity index (χ2n) is 3.96. The van der Waals surface area contributed by atoms with Crippen molar-refractivity contribution in [2.45, 2.75) is 12.5 Å². The van der Waals surface area contributed by atoms with Gasteiger partial charge in [0.05, 0.1) is 13.0 Å². The van der Waals surface area contributed by atoms with E-state index in [1.807, 2.05) is 16.8 Å². The smallest absolute Gasteiger partial charge is 0.247 e. The monoisotopic (exact) mass is 250 g/mol. The van der Waals surface area contributed by atoms with Gasteiger partial charge in [-0.15, -0.1) is 6.58 Å². The van der Waals surface area contributed by atoms with Crippen LogP contribution in [0.1, 0.15) is 5.56 Å². The van der Waals surface area contributed by atoms with Crippen LogP contribution < -0.4 is 5.32 Å². The quantitative estimate of drug-likeness (QED) is 0.621. The predicted octanol–water partition coefficient (Wildman–Crippen LogP) is 0.804. The topological polar surface area (TPSA) is 49.4 Å². The minimum absolute atomic E-state index is 0.0245. The molecule has 0 radical (unpaired) electrons. The SMILES string of the molecule is C=CCN1CC(NC(=O)Cc2ccsc2)C1=O. The third kappa shape index (κ3) is 2.74. The zero-order chi connectivity index (χ0) is 12.3. The molecule has 2 rings (SSSR count). The molecule has 1 aliphatic heterocycles. The summed E-state index contributed by atoms with van der Waals surface area (Å²) in [6, 6.07) is 1.57. The first-order valence-electron chi connectivity index (χ1n) is 5.41. The molecule has 1 unspecified atom stereocenters. The highest BCUT2D eigenvalue weighted by molar-refractivity contribution is 7.07. The van der Waals surface area contributed by atoms with Gasteiger partial charge < -0.3 is 10.2 Å². The van der Waals surface area contributed by atoms with Crippen molar-refractivity contribution in [2.24, 2.45) is 0 Å². The van der Waals surface area contributed by atoms with E-state index in [1.165, 1.54) is 0 Å². The maximum absolute atomic E-state index is 11.6. The summed E-state index contributed by atoms with van der Waals surface area (Å²) < 4.78 is 0. The Morgan fingerprint density at radius 1 is 1.71 bits per heavy atom. The van der Waals surface area contributed by atoms with E-state index in [-0.39, 0.29) is 17.9 Å². The van der Waals surface area contributed by atoms with Gasteiger partial charge in [-0.3, -0.25) is 9.59 Å². The van der Waals surface area contributed by atoms with E-state index >= 15 is 0 Å². The van der Waals surface area contributed by atoms with Gasteiger partial charge in [-0.2, -0.15) is 11.3 Å². The highest BCUT2D eigenvalue weighted by Gasteiger charge is 2.36. The summed E-state index contributed by atoms with van der Waals surface area (Å²) in [7, 11) is 0. The zero-order valence-corrected chi connectivity index (χ0v) is 10.2. The second-order valence-corrected chi connectivity index (χ2v) is 4.74. The van der Waals surface area contributed by atoms with Crippen LogP contribution in [0.15, 0.2) is 29.5 Å². The number of nitrogens with zero attached hydrogens (tertiary/aromatic N) is 1. The molecule has 1 fully saturated rings. The summed E-state index contributed by atoms with van der Waals surface area (Å²) >= 11 is 1.56. The number of hydrogen-bond donors (Lipinski definition) is 1. The minimum Gasteiger partial charge on any atom is -0.342 e. The molecule has 0 saturated carbocycles. The van der Waals surface area contributed by atoms with Crippen molar-refractivity contribution in [3.63, 3.8) is 0 Å². The van der Waals surface area contributed by atoms with Crippen LogP contribution >= 0.6 is 11.3 Å². The first-order chi connectivity index (χ1) is 8.20. The van der Waals surface area contributed by atoms with Crippen LogP contribution in [-0.2, 0) is 16.0 Å². The molecule has 1 saturated heterocycles. The fourth-order valence-corrected chi connectivity index (χ4v) is 2.42. The molecule has 2 heterocycles. The Hall–Kier alpha value is -1.62. The molecule has 1 aromatic rings. The van der Waals surface area contributed by atoms with Crippen molar-refractivity contribution in [2.75, 3.05) is 13.1 Å². The van der Waals surface area contributed by atoms with Crippen LogP contribution in [0.3, 0.4) is 0 Å². The van der Waals surface area contributed by atoms with Gasteiger partial charge >= 0.3 is 0 Å². The number of hydrogen-bond acceptors (Lipinski definition) is 3. The Morgan fingerprint density at radius 3 is 3.12 bits per heavy atom. The summed E-state index contributed by atoms with van der Waals surface area (Å²) in [5, 5.41) is 6.60. The van der Waals surface area contributed by atoms with E-state index in [2.05, 4.69) is 11.9 Å². The number of rotatable bonds is 5. The molecule has 2 amide bonds. The molecule has 1 N–H and O–H groups in total. The van der Waals surface area contributed by atoms with Gasteiger partial charge in [0.15, 0.2) is 0 Å². The number of amides is 2. The molecule has 1 atom stereocenters. The Kier molecular flexibility index (Phi) is 3.58. The lowest BCUT2D eigenvalue weighted by Gasteiger charge is -2.37. The third-order valence-electron chi connectivity index (χ3n) is 2.64. The maximum atomic E-state index is 11.6. The summed E-state index contributed by atoms with van der Waals surface area (Å²) in [5.74, 6) is -0.122. The van der Waals surface area contributed by atoms with Crippen LogP contribution in [-0.4, -0.2) is 35.8 Å². The van der Waals surface area contributed by atoms with E-state index in [0.717, 1.165) is 5.56 Å². The van der Waals surface area contributed by atoms with Crippen LogP contribution in [0.2, 0.25) is 0 Å². The molecular formula is C12H14N2O2S. The fraction of sp³-hybridized carbons (Fsp3) is 0.333. The van der Waals surface area contributed by atoms with Crippen LogP contribution in [0.4, 0.5) is 0 Å². The largest absolute Gasteiger partial charge is 0.342 e. The van der Waals surface area contributed by atoms with Gasteiger partial charge in [-0.1, -0.05) is 6.08 Å². The highest BCUT2D eigenvalue weighted by atomic mass is 32.1. The van der Waals surface area contributed by atoms with Crippen molar-refractivity contribution in [3.05, 3.63) is 35.0 Å². The summed E-state index contributed by atoms with van der Waals surface area (Å²) in [6.07, 6.45) is 2.02. The van der Waals surface area contributed by atoms with Crippen molar-refractivity contribution in [1.29, 1.82) is 0 Å². The van der Waals surface area contributed by atoms with Gasteiger partial charge in [-0.25, -0.2) is 0 Å². The molecule has 0 aliphatic carbocycles. The van der Waals surface area contributed by atoms with Gasteiger partial charge in [-0.05, 0) is 22.4 Å². The van der Waals surface area contributed by atoms with E-state index in [0.29, 0.717) is 19.5 Å². The molecule has 5 heteroatoms. The molecule has 17 heavy (non-hydrogen) atoms. The van der Waals surface area contributed by atoms with Gasteiger partial charge in [0.2, 0.25) is 11.8 Å². The lowest BCUT2D eigenvalue weighted by molar-refractivity contribution is -0.145. The van der Waals surface area contributed by atoms with Crippen LogP contribution in [0.25, 0.3) is 0 Å². The predicted molar refractivity (Wildman–Crippen MR) is 66.7 cm³/mol. The van der Waals surface area contributed by atoms with Gasteiger partial charge in [0.25, 0.3) is 0 Å². The molecule has 1 aromatic heterocycles. The van der Waals surface area contributed by atoms with Gasteiger partial charge in [0.1, 0.15) is 6.04 Å². The van der Waals surface area contributed by atoms with Crippen molar-refractivity contribution in [3.8, 4) is 0 Å². The Bertz CT molecular complexity index is 428. The number of nitrogens with one attached hydrogen (secondary N) is 1. The van der Waals surface area contributed by atoms with Crippen LogP contribution in [0, 0.1) is 0 Å². The highest BCUT2D eigenvalue weighted by Crippen LogP contribution is 2.11. The summed E-state index contributed by atoms with van der Waals surface area (Å²) in [6.45, 7) is 4.71. The first kappa shape index (κ1) is 11.9. The number of carbonyl (C=O) groups excluding carboxylic acids is 2. The van der Waals surface area contributed by atoms with E-state index in [1.54, 1.807) is 22.3 Å². The Labute approximate surface area is 104 Å². The van der Waals surface area contributed by atoms with E-state index in [9.17, 15) is 9.59 Å². The average Bonchev–Trinajstić information content (AvgIpc) is 2.80. The number of likely N-dealkylation sites (tertiary alicyclic amines) is 1. The van der Waals surface area contributed by atoms with E-state index < -0.39 is 0 Å². The summed E-state index contributed by atoms with van der Waals surface area (Å²) in [4.78, 5) is 24.8. The molecule has 1 aliphatic rings. The molecular weight excluding hydrogens is 236 g/mol. The number of β-lactam (4-membered cyclic amide) rings is 1. The lowest BCUT2D eigenvalue weighted by Crippen LogP contribution is -2.63. The average molecular weight is 250 g/mol. The third-order valence-corrected chi connectivity index (χ3v) is 3.37. The summed E-state index contributed by atoms with van der Waals surface area (Å²) in [5.41, 5.74) is 0.988.